The predicted octanol–water partition coefficient (Wildman–Crippen LogP) is 4.11. The number of carbonyl (C=O) groups is 5. The molecule has 1 saturated carbocycles. The standard InChI is InChI=1S/C39H43N7O11/c1-22(47)53-32-33(54-23(2)48)35(55-24(3)49)38(57-34(32)37(50)52-5)56-30-13-9-8-12-26(30)19-44(4)39(51)45-17-15-28-31(41-21-42-36(28)45)27-18-43-46(20-27)29(14-16-40)25-10-6-7-11-25/h8-9,12-13,15,17-18,20-21,25,29,32-35,38H,6-7,10-11,14,19H2,1-5H3/t29-,32+,33+,34+,35-,38-/m1/s1. The minimum absolute atomic E-state index is 0.00430. The lowest BCUT2D eigenvalue weighted by molar-refractivity contribution is -0.282. The van der Waals surface area contributed by atoms with Gasteiger partial charge in [-0.1, -0.05) is 31.0 Å². The molecule has 0 unspecified atom stereocenters. The lowest BCUT2D eigenvalue weighted by Crippen LogP contribution is -2.64. The van der Waals surface area contributed by atoms with Crippen LogP contribution in [0.3, 0.4) is 0 Å². The van der Waals surface area contributed by atoms with Crippen LogP contribution in [-0.4, -0.2) is 104 Å². The van der Waals surface area contributed by atoms with Gasteiger partial charge in [0.2, 0.25) is 12.4 Å². The molecule has 1 aliphatic carbocycles. The van der Waals surface area contributed by atoms with Crippen LogP contribution in [0.15, 0.2) is 55.2 Å². The highest BCUT2D eigenvalue weighted by Crippen LogP contribution is 2.37. The Labute approximate surface area is 327 Å². The van der Waals surface area contributed by atoms with Crippen LogP contribution in [0.25, 0.3) is 22.3 Å². The third kappa shape index (κ3) is 8.88. The first kappa shape index (κ1) is 40.3. The number of aromatic nitrogens is 5. The molecular formula is C39H43N7O11. The zero-order chi connectivity index (χ0) is 40.8. The van der Waals surface area contributed by atoms with Gasteiger partial charge in [0.1, 0.15) is 12.1 Å². The average molecular weight is 786 g/mol. The maximum atomic E-state index is 14.0. The number of fused-ring (bicyclic) bond motifs is 1. The number of carbonyl (C=O) groups excluding carboxylic acids is 5. The molecule has 2 fully saturated rings. The van der Waals surface area contributed by atoms with Crippen molar-refractivity contribution in [1.29, 1.82) is 5.26 Å². The van der Waals surface area contributed by atoms with Gasteiger partial charge in [-0.15, -0.1) is 0 Å². The van der Waals surface area contributed by atoms with Gasteiger partial charge in [0.05, 0.1) is 44.1 Å². The van der Waals surface area contributed by atoms with Crippen LogP contribution in [0.2, 0.25) is 0 Å². The molecule has 0 N–H and O–H groups in total. The molecule has 1 aromatic carbocycles. The summed E-state index contributed by atoms with van der Waals surface area (Å²) in [5.41, 5.74) is 2.16. The summed E-state index contributed by atoms with van der Waals surface area (Å²) in [5, 5.41) is 14.8. The van der Waals surface area contributed by atoms with Crippen LogP contribution in [0.4, 0.5) is 4.79 Å². The highest BCUT2D eigenvalue weighted by molar-refractivity contribution is 5.96. The van der Waals surface area contributed by atoms with Gasteiger partial charge in [-0.2, -0.15) is 10.4 Å². The molecule has 2 aliphatic rings. The Kier molecular flexibility index (Phi) is 12.5. The molecular weight excluding hydrogens is 742 g/mol. The summed E-state index contributed by atoms with van der Waals surface area (Å²) in [7, 11) is 2.68. The quantitative estimate of drug-likeness (QED) is 0.146. The van der Waals surface area contributed by atoms with Gasteiger partial charge in [0.15, 0.2) is 24.0 Å². The first-order valence-corrected chi connectivity index (χ1v) is 18.4. The number of para-hydroxylation sites is 1. The van der Waals surface area contributed by atoms with E-state index in [4.69, 9.17) is 28.4 Å². The second-order valence-corrected chi connectivity index (χ2v) is 13.9. The summed E-state index contributed by atoms with van der Waals surface area (Å²) in [4.78, 5) is 73.9. The summed E-state index contributed by atoms with van der Waals surface area (Å²) in [6.07, 6.45) is 3.50. The fourth-order valence-electron chi connectivity index (χ4n) is 7.45. The summed E-state index contributed by atoms with van der Waals surface area (Å²) in [6.45, 7) is 3.28. The Balaban J connectivity index is 1.25. The van der Waals surface area contributed by atoms with Crippen molar-refractivity contribution in [2.45, 2.75) is 96.2 Å². The molecule has 1 saturated heterocycles. The first-order valence-electron chi connectivity index (χ1n) is 18.4. The Bertz CT molecular complexity index is 2170. The van der Waals surface area contributed by atoms with E-state index in [-0.39, 0.29) is 18.3 Å². The Morgan fingerprint density at radius 1 is 0.965 bits per heavy atom. The van der Waals surface area contributed by atoms with Crippen LogP contribution in [0, 0.1) is 17.2 Å². The van der Waals surface area contributed by atoms with E-state index in [0.29, 0.717) is 34.6 Å². The molecule has 6 rings (SSSR count). The monoisotopic (exact) mass is 785 g/mol. The number of methoxy groups -OCH3 is 1. The normalized spacial score (nSPS) is 21.2. The van der Waals surface area contributed by atoms with E-state index in [9.17, 15) is 29.2 Å². The van der Waals surface area contributed by atoms with Crippen molar-refractivity contribution in [1.82, 2.24) is 29.2 Å². The molecule has 57 heavy (non-hydrogen) atoms. The van der Waals surface area contributed by atoms with E-state index in [0.717, 1.165) is 59.1 Å². The van der Waals surface area contributed by atoms with Crippen LogP contribution < -0.4 is 4.74 Å². The van der Waals surface area contributed by atoms with Crippen LogP contribution in [-0.2, 0) is 49.4 Å². The molecule has 18 nitrogen and oxygen atoms in total. The highest BCUT2D eigenvalue weighted by Gasteiger charge is 2.56. The topological polar surface area (TPSA) is 216 Å². The Hall–Kier alpha value is -6.35. The minimum Gasteiger partial charge on any atom is -0.467 e. The van der Waals surface area contributed by atoms with Crippen molar-refractivity contribution in [3.05, 3.63) is 60.8 Å². The summed E-state index contributed by atoms with van der Waals surface area (Å²) < 4.78 is 36.6. The van der Waals surface area contributed by atoms with Crippen molar-refractivity contribution >= 4 is 40.9 Å². The minimum atomic E-state index is -1.65. The van der Waals surface area contributed by atoms with E-state index in [1.807, 2.05) is 10.9 Å². The molecule has 0 spiro atoms. The number of esters is 4. The number of amides is 1. The van der Waals surface area contributed by atoms with Gasteiger partial charge >= 0.3 is 29.9 Å². The number of hydrogen-bond acceptors (Lipinski definition) is 15. The maximum absolute atomic E-state index is 14.0. The van der Waals surface area contributed by atoms with Crippen molar-refractivity contribution in [3.63, 3.8) is 0 Å². The van der Waals surface area contributed by atoms with Gasteiger partial charge < -0.3 is 33.3 Å². The van der Waals surface area contributed by atoms with Crippen LogP contribution in [0.5, 0.6) is 5.75 Å². The molecule has 4 aromatic rings. The number of nitrogens with zero attached hydrogens (tertiary/aromatic N) is 7. The van der Waals surface area contributed by atoms with E-state index < -0.39 is 60.6 Å². The van der Waals surface area contributed by atoms with E-state index in [2.05, 4.69) is 21.1 Å². The van der Waals surface area contributed by atoms with E-state index >= 15 is 0 Å². The zero-order valence-electron chi connectivity index (χ0n) is 32.1. The van der Waals surface area contributed by atoms with Gasteiger partial charge in [-0.05, 0) is 30.9 Å². The predicted molar refractivity (Wildman–Crippen MR) is 197 cm³/mol. The smallest absolute Gasteiger partial charge is 0.339 e. The number of rotatable bonds is 12. The molecule has 0 bridgehead atoms. The highest BCUT2D eigenvalue weighted by atomic mass is 16.7. The number of nitriles is 1. The fourth-order valence-corrected chi connectivity index (χ4v) is 7.45. The zero-order valence-corrected chi connectivity index (χ0v) is 32.1. The lowest BCUT2D eigenvalue weighted by Gasteiger charge is -2.43. The van der Waals surface area contributed by atoms with Crippen LogP contribution in [0.1, 0.15) is 64.5 Å². The van der Waals surface area contributed by atoms with E-state index in [1.54, 1.807) is 49.8 Å². The van der Waals surface area contributed by atoms with Crippen LogP contribution >= 0.6 is 0 Å². The first-order chi connectivity index (χ1) is 27.4. The number of hydrogen-bond donors (Lipinski definition) is 0. The average Bonchev–Trinajstić information content (AvgIpc) is 3.98. The maximum Gasteiger partial charge on any atom is 0.339 e. The van der Waals surface area contributed by atoms with Crippen molar-refractivity contribution in [2.24, 2.45) is 5.92 Å². The second-order valence-electron chi connectivity index (χ2n) is 13.9. The molecule has 3 aromatic heterocycles. The summed E-state index contributed by atoms with van der Waals surface area (Å²) in [5.74, 6) is -2.89. The third-order valence-corrected chi connectivity index (χ3v) is 9.93. The van der Waals surface area contributed by atoms with Crippen molar-refractivity contribution in [2.75, 3.05) is 14.2 Å². The molecule has 18 heteroatoms. The largest absolute Gasteiger partial charge is 0.467 e. The van der Waals surface area contributed by atoms with E-state index in [1.165, 1.54) is 15.8 Å². The number of ether oxygens (including phenoxy) is 6. The van der Waals surface area contributed by atoms with Gasteiger partial charge in [-0.25, -0.2) is 19.6 Å². The number of benzene rings is 1. The molecule has 300 valence electrons. The van der Waals surface area contributed by atoms with Crippen molar-refractivity contribution < 1.29 is 52.4 Å². The molecule has 0 radical (unpaired) electrons. The fraction of sp³-hybridized carbons (Fsp3) is 0.462. The summed E-state index contributed by atoms with van der Waals surface area (Å²) >= 11 is 0. The van der Waals surface area contributed by atoms with Crippen molar-refractivity contribution in [3.8, 4) is 23.1 Å². The van der Waals surface area contributed by atoms with Gasteiger partial charge in [0, 0.05) is 56.7 Å². The Morgan fingerprint density at radius 2 is 1.65 bits per heavy atom. The second kappa shape index (κ2) is 17.6. The molecule has 4 heterocycles. The molecule has 1 amide bonds. The van der Waals surface area contributed by atoms with Gasteiger partial charge in [-0.3, -0.25) is 23.6 Å². The Morgan fingerprint density at radius 3 is 2.33 bits per heavy atom. The SMILES string of the molecule is COC(=O)[C@H]1O[C@@H](Oc2ccccc2CN(C)C(=O)n2ccc3c(-c4cnn([C@H](CC#N)C5CCCC5)c4)ncnc32)[C@H](OC(C)=O)[C@@H](OC(C)=O)[C@@H]1OC(C)=O. The molecule has 1 aliphatic heterocycles. The summed E-state index contributed by atoms with van der Waals surface area (Å²) in [6, 6.07) is 10.2. The third-order valence-electron chi connectivity index (χ3n) is 9.93. The molecule has 6 atom stereocenters. The lowest BCUT2D eigenvalue weighted by atomic mass is 9.96. The van der Waals surface area contributed by atoms with Gasteiger partial charge in [0.25, 0.3) is 0 Å².